The molecule has 2 N–H and O–H groups in total. The Morgan fingerprint density at radius 2 is 0.894 bits per heavy atom. The van der Waals surface area contributed by atoms with Gasteiger partial charge in [-0.15, -0.1) is 129 Å². The van der Waals surface area contributed by atoms with E-state index in [9.17, 15) is 18.6 Å². The lowest BCUT2D eigenvalue weighted by molar-refractivity contribution is -0.139. The predicted octanol–water partition coefficient (Wildman–Crippen LogP) is 7.69. The van der Waals surface area contributed by atoms with Crippen molar-refractivity contribution in [3.63, 3.8) is 0 Å². The summed E-state index contributed by atoms with van der Waals surface area (Å²) >= 11 is 24.6. The lowest BCUT2D eigenvalue weighted by atomic mass is 10.8. The quantitative estimate of drug-likeness (QED) is 0.0359. The highest BCUT2D eigenvalue weighted by molar-refractivity contribution is 8.31. The number of rotatable bonds is 37. The van der Waals surface area contributed by atoms with Crippen LogP contribution in [0.25, 0.3) is 0 Å². The molecule has 47 heavy (non-hydrogen) atoms. The molecule has 0 aliphatic rings. The maximum atomic E-state index is 12.2. The van der Waals surface area contributed by atoms with Crippen molar-refractivity contribution < 1.29 is 38.3 Å². The summed E-state index contributed by atoms with van der Waals surface area (Å²) in [6.45, 7) is 0. The van der Waals surface area contributed by atoms with Gasteiger partial charge in [0.2, 0.25) is 0 Å². The molecular formula is C23H42O8S16. The summed E-state index contributed by atoms with van der Waals surface area (Å²) in [4.78, 5) is 34.9. The van der Waals surface area contributed by atoms with Crippen molar-refractivity contribution in [2.24, 2.45) is 0 Å². The molecule has 0 bridgehead atoms. The first kappa shape index (κ1) is 50.9. The van der Waals surface area contributed by atoms with Gasteiger partial charge in [-0.2, -0.15) is 11.8 Å². The van der Waals surface area contributed by atoms with E-state index in [1.165, 1.54) is 23.5 Å². The number of carbonyl (C=O) groups excluding carboxylic acids is 3. The smallest absolute Gasteiger partial charge is 0.316 e. The maximum absolute atomic E-state index is 12.2. The van der Waals surface area contributed by atoms with E-state index in [-0.39, 0.29) is 40.8 Å². The Labute approximate surface area is 346 Å². The van der Waals surface area contributed by atoms with Crippen LogP contribution in [-0.4, -0.2) is 140 Å². The third-order valence-corrected chi connectivity index (χ3v) is 23.1. The van der Waals surface area contributed by atoms with Gasteiger partial charge in [-0.1, -0.05) is 35.3 Å². The Morgan fingerprint density at radius 1 is 0.489 bits per heavy atom. The zero-order valence-electron chi connectivity index (χ0n) is 25.5. The molecule has 0 aromatic rings. The van der Waals surface area contributed by atoms with Crippen LogP contribution in [0.1, 0.15) is 0 Å². The van der Waals surface area contributed by atoms with Crippen LogP contribution < -0.4 is 0 Å². The lowest BCUT2D eigenvalue weighted by Crippen LogP contribution is -2.07. The van der Waals surface area contributed by atoms with Gasteiger partial charge in [0.05, 0.1) is 34.2 Å². The molecule has 0 radical (unpaired) electrons. The van der Waals surface area contributed by atoms with Crippen molar-refractivity contribution in [3.05, 3.63) is 0 Å². The molecule has 0 aliphatic carbocycles. The minimum absolute atomic E-state index is 0.0466. The zero-order valence-corrected chi connectivity index (χ0v) is 38.6. The standard InChI is InChI=1S/C23H42O8S16/c24-6-36-8-30-21(26)3-33-11-39-14-38-10-32-1-2-47(29)20-45-18-43-16-42-17-44-19-46-23(28)5-35-13-41-15-40-12-34-4-22(27)31-9-37-7-25/h24-25H,1-20H2. The Bertz CT molecular complexity index is 777. The third-order valence-electron chi connectivity index (χ3n) is 3.92. The highest BCUT2D eigenvalue weighted by atomic mass is 32.3. The van der Waals surface area contributed by atoms with Crippen LogP contribution >= 0.6 is 176 Å². The van der Waals surface area contributed by atoms with E-state index in [0.29, 0.717) is 22.3 Å². The highest BCUT2D eigenvalue weighted by Gasteiger charge is 2.06. The molecule has 0 aromatic carbocycles. The molecule has 278 valence electrons. The topological polar surface area (TPSA) is 127 Å². The minimum atomic E-state index is -0.783. The summed E-state index contributed by atoms with van der Waals surface area (Å²) in [6, 6.07) is 0. The summed E-state index contributed by atoms with van der Waals surface area (Å²) in [5, 5.41) is 27.3. The van der Waals surface area contributed by atoms with Crippen molar-refractivity contribution in [1.29, 1.82) is 0 Å². The molecule has 0 heterocycles. The fraction of sp³-hybridized carbons (Fsp3) is 0.870. The Morgan fingerprint density at radius 3 is 1.38 bits per heavy atom. The van der Waals surface area contributed by atoms with E-state index in [2.05, 4.69) is 0 Å². The monoisotopic (exact) mass is 958 g/mol. The molecule has 0 saturated carbocycles. The molecule has 0 rings (SSSR count). The van der Waals surface area contributed by atoms with E-state index in [0.717, 1.165) is 85.9 Å². The molecule has 1 unspecified atom stereocenters. The molecule has 0 aromatic heterocycles. The van der Waals surface area contributed by atoms with Gasteiger partial charge in [-0.3, -0.25) is 18.6 Å². The molecule has 0 fully saturated rings. The van der Waals surface area contributed by atoms with Crippen LogP contribution in [0.4, 0.5) is 0 Å². The number of thioether (sulfide) groups is 15. The van der Waals surface area contributed by atoms with Crippen LogP contribution in [0.3, 0.4) is 0 Å². The maximum Gasteiger partial charge on any atom is 0.316 e. The second kappa shape index (κ2) is 42.7. The molecular weight excluding hydrogens is 917 g/mol. The third kappa shape index (κ3) is 42.5. The number of hydrogen-bond donors (Lipinski definition) is 2. The molecule has 8 nitrogen and oxygen atoms in total. The average Bonchev–Trinajstić information content (AvgIpc) is 3.05. The number of esters is 2. The fourth-order valence-corrected chi connectivity index (χ4v) is 20.0. The fourth-order valence-electron chi connectivity index (χ4n) is 2.06. The largest absolute Gasteiger partial charge is 0.454 e. The average molecular weight is 960 g/mol. The molecule has 0 saturated heterocycles. The highest BCUT2D eigenvalue weighted by Crippen LogP contribution is 2.26. The first-order chi connectivity index (χ1) is 23.0. The number of ether oxygens (including phenoxy) is 2. The normalized spacial score (nSPS) is 11.9. The number of carbonyl (C=O) groups is 3. The van der Waals surface area contributed by atoms with Crippen LogP contribution in [0.5, 0.6) is 0 Å². The van der Waals surface area contributed by atoms with Crippen LogP contribution in [0.2, 0.25) is 0 Å². The first-order valence-corrected chi connectivity index (χ1v) is 31.8. The van der Waals surface area contributed by atoms with E-state index in [1.54, 1.807) is 82.3 Å². The van der Waals surface area contributed by atoms with Gasteiger partial charge in [-0.05, 0) is 0 Å². The van der Waals surface area contributed by atoms with Crippen LogP contribution in [0.15, 0.2) is 0 Å². The van der Waals surface area contributed by atoms with E-state index < -0.39 is 10.8 Å². The number of hydrogen-bond acceptors (Lipinski definition) is 23. The van der Waals surface area contributed by atoms with E-state index in [1.807, 2.05) is 47.0 Å². The van der Waals surface area contributed by atoms with Crippen LogP contribution in [0, 0.1) is 0 Å². The van der Waals surface area contributed by atoms with Crippen molar-refractivity contribution in [2.45, 2.75) is 0 Å². The Kier molecular flexibility index (Phi) is 46.2. The number of aliphatic hydroxyl groups is 2. The zero-order chi connectivity index (χ0) is 34.5. The lowest BCUT2D eigenvalue weighted by Gasteiger charge is -2.05. The minimum Gasteiger partial charge on any atom is -0.454 e. The van der Waals surface area contributed by atoms with Gasteiger partial charge in [0.1, 0.15) is 11.9 Å². The number of aliphatic hydroxyl groups excluding tert-OH is 2. The molecule has 1 atom stereocenters. The van der Waals surface area contributed by atoms with Gasteiger partial charge in [0.15, 0.2) is 5.12 Å². The van der Waals surface area contributed by atoms with Crippen molar-refractivity contribution in [1.82, 2.24) is 0 Å². The summed E-state index contributed by atoms with van der Waals surface area (Å²) < 4.78 is 22.1. The SMILES string of the molecule is O=C(CSCSCSCSCCS(=O)CSCSCSCSCSC(=O)CSCSCSCSCC(=O)OCSCO)OCSCO. The summed E-state index contributed by atoms with van der Waals surface area (Å²) in [5.41, 5.74) is 0. The van der Waals surface area contributed by atoms with E-state index in [4.69, 9.17) is 19.7 Å². The van der Waals surface area contributed by atoms with Crippen molar-refractivity contribution in [2.75, 3.05) is 108 Å². The molecule has 0 spiro atoms. The van der Waals surface area contributed by atoms with Gasteiger partial charge in [-0.25, -0.2) is 0 Å². The van der Waals surface area contributed by atoms with Gasteiger partial charge < -0.3 is 19.7 Å². The molecule has 24 heteroatoms. The summed E-state index contributed by atoms with van der Waals surface area (Å²) in [5.74, 6) is 2.62. The molecule has 0 amide bonds. The molecule has 0 aliphatic heterocycles. The Balaban J connectivity index is 3.31. The van der Waals surface area contributed by atoms with Crippen molar-refractivity contribution in [3.8, 4) is 0 Å². The Hall–Kier alpha value is 3.93. The van der Waals surface area contributed by atoms with Gasteiger partial charge in [0, 0.05) is 73.2 Å². The van der Waals surface area contributed by atoms with Gasteiger partial charge in [0.25, 0.3) is 0 Å². The van der Waals surface area contributed by atoms with Gasteiger partial charge >= 0.3 is 11.9 Å². The van der Waals surface area contributed by atoms with Crippen LogP contribution in [-0.2, 0) is 34.7 Å². The predicted molar refractivity (Wildman–Crippen MR) is 241 cm³/mol. The first-order valence-electron chi connectivity index (χ1n) is 13.1. The second-order valence-corrected chi connectivity index (χ2v) is 27.9. The summed E-state index contributed by atoms with van der Waals surface area (Å²) in [6.07, 6.45) is 0. The van der Waals surface area contributed by atoms with E-state index >= 15 is 0 Å². The summed E-state index contributed by atoms with van der Waals surface area (Å²) in [7, 11) is -0.783. The van der Waals surface area contributed by atoms with Crippen molar-refractivity contribution >= 4 is 204 Å². The second-order valence-electron chi connectivity index (χ2n) is 7.48.